The number of aliphatic carboxylic acids is 1. The molecule has 0 amide bonds. The number of Topliss-reactive ketones (excluding diaryl/α,β-unsaturated/α-hetero) is 2. The van der Waals surface area contributed by atoms with Gasteiger partial charge in [0.05, 0.1) is 6.42 Å². The molecular formula is C14H17NO4. The first-order chi connectivity index (χ1) is 9.02. The Balaban J connectivity index is 2.57. The molecule has 0 bridgehead atoms. The van der Waals surface area contributed by atoms with Gasteiger partial charge in [0.2, 0.25) is 0 Å². The van der Waals surface area contributed by atoms with Crippen LogP contribution in [0.3, 0.4) is 0 Å². The second kappa shape index (κ2) is 7.41. The van der Waals surface area contributed by atoms with Crippen molar-refractivity contribution in [3.05, 3.63) is 29.6 Å². The molecule has 0 aliphatic rings. The SMILES string of the molecule is CCCCc1ccc(C(=O)CC(=O)CC(=O)O)nc1. The number of carboxylic acid groups (broad SMARTS) is 1. The summed E-state index contributed by atoms with van der Waals surface area (Å²) >= 11 is 0. The molecule has 0 aromatic carbocycles. The van der Waals surface area contributed by atoms with E-state index in [-0.39, 0.29) is 5.69 Å². The summed E-state index contributed by atoms with van der Waals surface area (Å²) in [5, 5.41) is 8.44. The number of pyridine rings is 1. The standard InChI is InChI=1S/C14H17NO4/c1-2-3-4-10-5-6-12(15-9-10)13(17)7-11(16)8-14(18)19/h5-6,9H,2-4,7-8H2,1H3,(H,18,19). The lowest BCUT2D eigenvalue weighted by molar-refractivity contribution is -0.139. The summed E-state index contributed by atoms with van der Waals surface area (Å²) < 4.78 is 0. The highest BCUT2D eigenvalue weighted by Gasteiger charge is 2.15. The molecule has 1 heterocycles. The zero-order chi connectivity index (χ0) is 14.3. The number of carbonyl (C=O) groups excluding carboxylic acids is 2. The van der Waals surface area contributed by atoms with Gasteiger partial charge in [-0.1, -0.05) is 19.4 Å². The molecule has 0 saturated carbocycles. The molecular weight excluding hydrogens is 246 g/mol. The maximum Gasteiger partial charge on any atom is 0.310 e. The van der Waals surface area contributed by atoms with E-state index in [2.05, 4.69) is 11.9 Å². The largest absolute Gasteiger partial charge is 0.481 e. The number of aromatic nitrogens is 1. The van der Waals surface area contributed by atoms with Crippen LogP contribution in [-0.4, -0.2) is 27.6 Å². The van der Waals surface area contributed by atoms with Crippen LogP contribution < -0.4 is 0 Å². The van der Waals surface area contributed by atoms with Gasteiger partial charge in [-0.2, -0.15) is 0 Å². The average molecular weight is 263 g/mol. The summed E-state index contributed by atoms with van der Waals surface area (Å²) in [6, 6.07) is 3.40. The molecule has 0 aliphatic heterocycles. The molecule has 1 aromatic rings. The van der Waals surface area contributed by atoms with Crippen LogP contribution >= 0.6 is 0 Å². The number of nitrogens with zero attached hydrogens (tertiary/aromatic N) is 1. The van der Waals surface area contributed by atoms with Crippen molar-refractivity contribution < 1.29 is 19.5 Å². The van der Waals surface area contributed by atoms with Gasteiger partial charge in [-0.05, 0) is 24.5 Å². The maximum absolute atomic E-state index is 11.7. The zero-order valence-electron chi connectivity index (χ0n) is 10.9. The molecule has 5 heteroatoms. The summed E-state index contributed by atoms with van der Waals surface area (Å²) in [4.78, 5) is 37.2. The number of carbonyl (C=O) groups is 3. The van der Waals surface area contributed by atoms with Crippen molar-refractivity contribution >= 4 is 17.5 Å². The van der Waals surface area contributed by atoms with Crippen molar-refractivity contribution in [1.82, 2.24) is 4.98 Å². The van der Waals surface area contributed by atoms with Gasteiger partial charge in [-0.3, -0.25) is 19.4 Å². The Hall–Kier alpha value is -2.04. The highest BCUT2D eigenvalue weighted by Crippen LogP contribution is 2.07. The molecule has 1 rings (SSSR count). The van der Waals surface area contributed by atoms with Crippen LogP contribution in [0.15, 0.2) is 18.3 Å². The third-order valence-electron chi connectivity index (χ3n) is 2.64. The third-order valence-corrected chi connectivity index (χ3v) is 2.64. The van der Waals surface area contributed by atoms with Gasteiger partial charge in [0.25, 0.3) is 0 Å². The topological polar surface area (TPSA) is 84.3 Å². The first-order valence-corrected chi connectivity index (χ1v) is 6.24. The van der Waals surface area contributed by atoms with Gasteiger partial charge in [0, 0.05) is 6.20 Å². The monoisotopic (exact) mass is 263 g/mol. The van der Waals surface area contributed by atoms with Crippen molar-refractivity contribution in [2.24, 2.45) is 0 Å². The van der Waals surface area contributed by atoms with E-state index < -0.39 is 30.4 Å². The molecule has 0 atom stereocenters. The van der Waals surface area contributed by atoms with Crippen LogP contribution in [0.25, 0.3) is 0 Å². The number of rotatable bonds is 8. The predicted molar refractivity (Wildman–Crippen MR) is 69.1 cm³/mol. The van der Waals surface area contributed by atoms with E-state index in [0.717, 1.165) is 24.8 Å². The number of hydrogen-bond acceptors (Lipinski definition) is 4. The number of unbranched alkanes of at least 4 members (excludes halogenated alkanes) is 1. The second-order valence-corrected chi connectivity index (χ2v) is 4.36. The molecule has 19 heavy (non-hydrogen) atoms. The molecule has 0 fully saturated rings. The summed E-state index contributed by atoms with van der Waals surface area (Å²) in [5.74, 6) is -2.26. The quantitative estimate of drug-likeness (QED) is 0.573. The Morgan fingerprint density at radius 1 is 1.21 bits per heavy atom. The molecule has 0 saturated heterocycles. The zero-order valence-corrected chi connectivity index (χ0v) is 10.9. The minimum atomic E-state index is -1.22. The molecule has 1 N–H and O–H groups in total. The van der Waals surface area contributed by atoms with E-state index in [1.54, 1.807) is 12.3 Å². The molecule has 0 aliphatic carbocycles. The van der Waals surface area contributed by atoms with Crippen molar-refractivity contribution in [3.63, 3.8) is 0 Å². The normalized spacial score (nSPS) is 10.2. The van der Waals surface area contributed by atoms with Gasteiger partial charge >= 0.3 is 5.97 Å². The fourth-order valence-electron chi connectivity index (χ4n) is 1.62. The molecule has 102 valence electrons. The van der Waals surface area contributed by atoms with Crippen LogP contribution in [-0.2, 0) is 16.0 Å². The lowest BCUT2D eigenvalue weighted by Gasteiger charge is -2.02. The first kappa shape index (κ1) is 15.0. The fourth-order valence-corrected chi connectivity index (χ4v) is 1.62. The van der Waals surface area contributed by atoms with Gasteiger partial charge in [0.15, 0.2) is 11.6 Å². The third kappa shape index (κ3) is 5.42. The van der Waals surface area contributed by atoms with E-state index in [9.17, 15) is 14.4 Å². The predicted octanol–water partition coefficient (Wildman–Crippen LogP) is 2.04. The lowest BCUT2D eigenvalue weighted by atomic mass is 10.1. The van der Waals surface area contributed by atoms with E-state index in [1.165, 1.54) is 0 Å². The first-order valence-electron chi connectivity index (χ1n) is 6.24. The second-order valence-electron chi connectivity index (χ2n) is 4.36. The molecule has 1 aromatic heterocycles. The Labute approximate surface area is 111 Å². The van der Waals surface area contributed by atoms with E-state index in [1.807, 2.05) is 6.07 Å². The fraction of sp³-hybridized carbons (Fsp3) is 0.429. The van der Waals surface area contributed by atoms with Crippen molar-refractivity contribution in [2.75, 3.05) is 0 Å². The molecule has 0 radical (unpaired) electrons. The maximum atomic E-state index is 11.7. The Bertz CT molecular complexity index is 465. The molecule has 0 unspecified atom stereocenters. The van der Waals surface area contributed by atoms with Crippen LogP contribution in [0, 0.1) is 0 Å². The van der Waals surface area contributed by atoms with E-state index in [4.69, 9.17) is 5.11 Å². The van der Waals surface area contributed by atoms with E-state index >= 15 is 0 Å². The van der Waals surface area contributed by atoms with Crippen LogP contribution in [0.1, 0.15) is 48.7 Å². The summed E-state index contributed by atoms with van der Waals surface area (Å²) in [6.07, 6.45) is 3.66. The summed E-state index contributed by atoms with van der Waals surface area (Å²) in [6.45, 7) is 2.10. The van der Waals surface area contributed by atoms with Crippen LogP contribution in [0.4, 0.5) is 0 Å². The highest BCUT2D eigenvalue weighted by molar-refractivity contribution is 6.10. The lowest BCUT2D eigenvalue weighted by Crippen LogP contribution is -2.13. The smallest absolute Gasteiger partial charge is 0.310 e. The van der Waals surface area contributed by atoms with Crippen LogP contribution in [0.2, 0.25) is 0 Å². The Morgan fingerprint density at radius 2 is 1.95 bits per heavy atom. The van der Waals surface area contributed by atoms with Gasteiger partial charge in [-0.25, -0.2) is 0 Å². The summed E-state index contributed by atoms with van der Waals surface area (Å²) in [7, 11) is 0. The van der Waals surface area contributed by atoms with Gasteiger partial charge in [-0.15, -0.1) is 0 Å². The number of carboxylic acids is 1. The van der Waals surface area contributed by atoms with Gasteiger partial charge in [0.1, 0.15) is 12.1 Å². The average Bonchev–Trinajstić information content (AvgIpc) is 2.35. The number of hydrogen-bond donors (Lipinski definition) is 1. The Kier molecular flexibility index (Phi) is 5.85. The number of ketones is 2. The Morgan fingerprint density at radius 3 is 2.47 bits per heavy atom. The summed E-state index contributed by atoms with van der Waals surface area (Å²) in [5.41, 5.74) is 1.26. The van der Waals surface area contributed by atoms with Crippen LogP contribution in [0.5, 0.6) is 0 Å². The minimum absolute atomic E-state index is 0.207. The van der Waals surface area contributed by atoms with Gasteiger partial charge < -0.3 is 5.11 Å². The van der Waals surface area contributed by atoms with E-state index in [0.29, 0.717) is 0 Å². The van der Waals surface area contributed by atoms with Crippen molar-refractivity contribution in [2.45, 2.75) is 39.0 Å². The minimum Gasteiger partial charge on any atom is -0.481 e. The molecule has 0 spiro atoms. The molecule has 5 nitrogen and oxygen atoms in total. The highest BCUT2D eigenvalue weighted by atomic mass is 16.4. The van der Waals surface area contributed by atoms with Crippen molar-refractivity contribution in [1.29, 1.82) is 0 Å². The number of aryl methyl sites for hydroxylation is 1. The van der Waals surface area contributed by atoms with Crippen molar-refractivity contribution in [3.8, 4) is 0 Å².